The third-order valence-corrected chi connectivity index (χ3v) is 2.82. The number of hydrogen-bond acceptors (Lipinski definition) is 3. The molecule has 0 spiro atoms. The smallest absolute Gasteiger partial charge is 0.0623 e. The fourth-order valence-corrected chi connectivity index (χ4v) is 2.14. The average Bonchev–Trinajstić information content (AvgIpc) is 2.54. The zero-order valence-electron chi connectivity index (χ0n) is 9.75. The van der Waals surface area contributed by atoms with Crippen LogP contribution in [0, 0.1) is 5.92 Å². The lowest BCUT2D eigenvalue weighted by molar-refractivity contribution is 0.173. The Balaban J connectivity index is 2.27. The highest BCUT2D eigenvalue weighted by Crippen LogP contribution is 2.14. The molecule has 2 unspecified atom stereocenters. The van der Waals surface area contributed by atoms with E-state index in [0.717, 1.165) is 26.3 Å². The quantitative estimate of drug-likeness (QED) is 0.691. The van der Waals surface area contributed by atoms with Gasteiger partial charge in [0.15, 0.2) is 0 Å². The van der Waals surface area contributed by atoms with Crippen LogP contribution in [0.1, 0.15) is 20.3 Å². The summed E-state index contributed by atoms with van der Waals surface area (Å²) in [5, 5.41) is 3.49. The molecule has 0 aromatic rings. The second-order valence-electron chi connectivity index (χ2n) is 4.22. The maximum absolute atomic E-state index is 5.51. The van der Waals surface area contributed by atoms with E-state index in [0.29, 0.717) is 12.0 Å². The molecule has 1 fully saturated rings. The second-order valence-corrected chi connectivity index (χ2v) is 4.22. The van der Waals surface area contributed by atoms with Crippen LogP contribution in [0.15, 0.2) is 0 Å². The van der Waals surface area contributed by atoms with E-state index in [-0.39, 0.29) is 0 Å². The number of nitrogens with zero attached hydrogens (tertiary/aromatic N) is 1. The van der Waals surface area contributed by atoms with Crippen molar-refractivity contribution in [2.24, 2.45) is 5.92 Å². The van der Waals surface area contributed by atoms with Gasteiger partial charge in [0.25, 0.3) is 0 Å². The molecule has 1 N–H and O–H groups in total. The van der Waals surface area contributed by atoms with E-state index in [9.17, 15) is 0 Å². The fourth-order valence-electron chi connectivity index (χ4n) is 2.14. The van der Waals surface area contributed by atoms with Gasteiger partial charge in [-0.2, -0.15) is 0 Å². The Morgan fingerprint density at radius 1 is 1.36 bits per heavy atom. The van der Waals surface area contributed by atoms with Crippen molar-refractivity contribution < 1.29 is 4.74 Å². The van der Waals surface area contributed by atoms with E-state index in [4.69, 9.17) is 4.74 Å². The van der Waals surface area contributed by atoms with Gasteiger partial charge >= 0.3 is 0 Å². The summed E-state index contributed by atoms with van der Waals surface area (Å²) in [6.45, 7) is 9.58. The van der Waals surface area contributed by atoms with Crippen LogP contribution < -0.4 is 5.32 Å². The van der Waals surface area contributed by atoms with Crippen molar-refractivity contribution in [3.63, 3.8) is 0 Å². The Morgan fingerprint density at radius 2 is 2.14 bits per heavy atom. The normalized spacial score (nSPS) is 27.4. The minimum absolute atomic E-state index is 0.569. The molecule has 0 aliphatic carbocycles. The van der Waals surface area contributed by atoms with Crippen LogP contribution in [0.25, 0.3) is 0 Å². The van der Waals surface area contributed by atoms with Crippen LogP contribution in [0.3, 0.4) is 0 Å². The zero-order valence-corrected chi connectivity index (χ0v) is 9.75. The summed E-state index contributed by atoms with van der Waals surface area (Å²) in [5.74, 6) is 0.673. The molecule has 1 heterocycles. The van der Waals surface area contributed by atoms with Crippen molar-refractivity contribution in [1.29, 1.82) is 0 Å². The van der Waals surface area contributed by atoms with Gasteiger partial charge in [-0.05, 0) is 26.6 Å². The SMILES string of the molecule is CCCN(C)CC1COCC1NCC. The van der Waals surface area contributed by atoms with Gasteiger partial charge in [0, 0.05) is 18.5 Å². The molecule has 2 atom stereocenters. The van der Waals surface area contributed by atoms with E-state index < -0.39 is 0 Å². The molecule has 3 heteroatoms. The number of rotatable bonds is 6. The van der Waals surface area contributed by atoms with Crippen molar-refractivity contribution in [2.45, 2.75) is 26.3 Å². The predicted octanol–water partition coefficient (Wildman–Crippen LogP) is 0.953. The fraction of sp³-hybridized carbons (Fsp3) is 1.00. The molecule has 1 aliphatic heterocycles. The average molecular weight is 200 g/mol. The third-order valence-electron chi connectivity index (χ3n) is 2.82. The first-order valence-corrected chi connectivity index (χ1v) is 5.77. The van der Waals surface area contributed by atoms with Gasteiger partial charge in [0.05, 0.1) is 13.2 Å². The van der Waals surface area contributed by atoms with Gasteiger partial charge in [-0.1, -0.05) is 13.8 Å². The van der Waals surface area contributed by atoms with Gasteiger partial charge in [0.1, 0.15) is 0 Å². The number of ether oxygens (including phenoxy) is 1. The van der Waals surface area contributed by atoms with E-state index >= 15 is 0 Å². The first-order valence-electron chi connectivity index (χ1n) is 5.77. The number of nitrogens with one attached hydrogen (secondary N) is 1. The molecular formula is C11H24N2O. The lowest BCUT2D eigenvalue weighted by atomic mass is 10.0. The van der Waals surface area contributed by atoms with Crippen LogP contribution in [-0.2, 0) is 4.74 Å². The van der Waals surface area contributed by atoms with Gasteiger partial charge in [0.2, 0.25) is 0 Å². The summed E-state index contributed by atoms with van der Waals surface area (Å²) in [5.41, 5.74) is 0. The largest absolute Gasteiger partial charge is 0.379 e. The second kappa shape index (κ2) is 6.38. The summed E-state index contributed by atoms with van der Waals surface area (Å²) in [4.78, 5) is 2.41. The summed E-state index contributed by atoms with van der Waals surface area (Å²) in [7, 11) is 2.20. The Labute approximate surface area is 87.8 Å². The van der Waals surface area contributed by atoms with Gasteiger partial charge in [-0.25, -0.2) is 0 Å². The molecule has 3 nitrogen and oxygen atoms in total. The minimum Gasteiger partial charge on any atom is -0.379 e. The summed E-state index contributed by atoms with van der Waals surface area (Å²) >= 11 is 0. The molecule has 0 aromatic carbocycles. The molecule has 14 heavy (non-hydrogen) atoms. The van der Waals surface area contributed by atoms with E-state index in [1.54, 1.807) is 0 Å². The maximum atomic E-state index is 5.51. The van der Waals surface area contributed by atoms with Gasteiger partial charge < -0.3 is 15.0 Å². The Morgan fingerprint density at radius 3 is 2.79 bits per heavy atom. The van der Waals surface area contributed by atoms with E-state index in [1.165, 1.54) is 13.0 Å². The monoisotopic (exact) mass is 200 g/mol. The molecule has 1 rings (SSSR count). The van der Waals surface area contributed by atoms with Crippen molar-refractivity contribution in [2.75, 3.05) is 39.9 Å². The number of hydrogen-bond donors (Lipinski definition) is 1. The Kier molecular flexibility index (Phi) is 5.45. The first kappa shape index (κ1) is 12.0. The third kappa shape index (κ3) is 3.56. The lowest BCUT2D eigenvalue weighted by Gasteiger charge is -2.24. The molecule has 0 amide bonds. The topological polar surface area (TPSA) is 24.5 Å². The standard InChI is InChI=1S/C11H24N2O/c1-4-6-13(3)7-10-8-14-9-11(10)12-5-2/h10-12H,4-9H2,1-3H3. The molecule has 84 valence electrons. The van der Waals surface area contributed by atoms with Crippen molar-refractivity contribution >= 4 is 0 Å². The molecule has 1 aliphatic rings. The van der Waals surface area contributed by atoms with Crippen molar-refractivity contribution in [3.05, 3.63) is 0 Å². The Hall–Kier alpha value is -0.120. The highest BCUT2D eigenvalue weighted by molar-refractivity contribution is 4.82. The zero-order chi connectivity index (χ0) is 10.4. The van der Waals surface area contributed by atoms with Crippen LogP contribution >= 0.6 is 0 Å². The minimum atomic E-state index is 0.569. The summed E-state index contributed by atoms with van der Waals surface area (Å²) < 4.78 is 5.51. The van der Waals surface area contributed by atoms with Gasteiger partial charge in [-0.15, -0.1) is 0 Å². The molecule has 0 radical (unpaired) electrons. The predicted molar refractivity (Wildman–Crippen MR) is 59.6 cm³/mol. The van der Waals surface area contributed by atoms with Crippen LogP contribution in [0.4, 0.5) is 0 Å². The number of likely N-dealkylation sites (N-methyl/N-ethyl adjacent to an activating group) is 1. The van der Waals surface area contributed by atoms with Crippen molar-refractivity contribution in [1.82, 2.24) is 10.2 Å². The first-order chi connectivity index (χ1) is 6.77. The highest BCUT2D eigenvalue weighted by Gasteiger charge is 2.27. The molecule has 1 saturated heterocycles. The van der Waals surface area contributed by atoms with Crippen LogP contribution in [0.5, 0.6) is 0 Å². The molecule has 0 saturated carbocycles. The Bertz CT molecular complexity index is 152. The molecular weight excluding hydrogens is 176 g/mol. The lowest BCUT2D eigenvalue weighted by Crippen LogP contribution is -2.40. The van der Waals surface area contributed by atoms with E-state index in [2.05, 4.69) is 31.1 Å². The van der Waals surface area contributed by atoms with E-state index in [1.807, 2.05) is 0 Å². The summed E-state index contributed by atoms with van der Waals surface area (Å²) in [6.07, 6.45) is 1.23. The molecule has 0 aromatic heterocycles. The van der Waals surface area contributed by atoms with Crippen molar-refractivity contribution in [3.8, 4) is 0 Å². The van der Waals surface area contributed by atoms with Crippen LogP contribution in [0.2, 0.25) is 0 Å². The maximum Gasteiger partial charge on any atom is 0.0623 e. The summed E-state index contributed by atoms with van der Waals surface area (Å²) in [6, 6.07) is 0.569. The van der Waals surface area contributed by atoms with Gasteiger partial charge in [-0.3, -0.25) is 0 Å². The van der Waals surface area contributed by atoms with Crippen LogP contribution in [-0.4, -0.2) is 50.8 Å². The molecule has 0 bridgehead atoms. The highest BCUT2D eigenvalue weighted by atomic mass is 16.5.